The summed E-state index contributed by atoms with van der Waals surface area (Å²) < 4.78 is 0. The molecule has 2 aromatic carbocycles. The van der Waals surface area contributed by atoms with Crippen LogP contribution in [0.5, 0.6) is 0 Å². The largest absolute Gasteiger partial charge is 0.399 e. The van der Waals surface area contributed by atoms with E-state index in [-0.39, 0.29) is 11.9 Å². The second-order valence-electron chi connectivity index (χ2n) is 5.81. The predicted molar refractivity (Wildman–Crippen MR) is 88.4 cm³/mol. The number of nitrogen functional groups attached to an aromatic ring is 1. The maximum Gasteiger partial charge on any atom is 0.251 e. The van der Waals surface area contributed by atoms with Crippen LogP contribution in [0.25, 0.3) is 0 Å². The Morgan fingerprint density at radius 3 is 2.77 bits per heavy atom. The van der Waals surface area contributed by atoms with Crippen molar-refractivity contribution in [3.8, 4) is 0 Å². The van der Waals surface area contributed by atoms with Crippen LogP contribution in [-0.4, -0.2) is 29.9 Å². The highest BCUT2D eigenvalue weighted by Gasteiger charge is 2.24. The SMILES string of the molecule is Nc1cccc(C(=O)NC2CCN(Cc3ccccc3)C2)c1. The quantitative estimate of drug-likeness (QED) is 0.851. The van der Waals surface area contributed by atoms with E-state index in [0.717, 1.165) is 26.1 Å². The van der Waals surface area contributed by atoms with Crippen LogP contribution in [-0.2, 0) is 6.54 Å². The van der Waals surface area contributed by atoms with Crippen LogP contribution in [0.1, 0.15) is 22.3 Å². The van der Waals surface area contributed by atoms with Gasteiger partial charge in [0.1, 0.15) is 0 Å². The van der Waals surface area contributed by atoms with E-state index in [1.165, 1.54) is 5.56 Å². The van der Waals surface area contributed by atoms with E-state index in [1.54, 1.807) is 24.3 Å². The molecule has 1 unspecified atom stereocenters. The molecule has 0 aliphatic carbocycles. The number of hydrogen-bond acceptors (Lipinski definition) is 3. The van der Waals surface area contributed by atoms with Crippen LogP contribution < -0.4 is 11.1 Å². The van der Waals surface area contributed by atoms with Crippen molar-refractivity contribution in [1.29, 1.82) is 0 Å². The van der Waals surface area contributed by atoms with Gasteiger partial charge in [-0.25, -0.2) is 0 Å². The lowest BCUT2D eigenvalue weighted by atomic mass is 10.1. The summed E-state index contributed by atoms with van der Waals surface area (Å²) in [6.45, 7) is 2.84. The fourth-order valence-electron chi connectivity index (χ4n) is 2.88. The summed E-state index contributed by atoms with van der Waals surface area (Å²) in [7, 11) is 0. The fourth-order valence-corrected chi connectivity index (χ4v) is 2.88. The Balaban J connectivity index is 1.54. The average molecular weight is 295 g/mol. The highest BCUT2D eigenvalue weighted by atomic mass is 16.1. The molecule has 1 heterocycles. The van der Waals surface area contributed by atoms with E-state index in [1.807, 2.05) is 6.07 Å². The Morgan fingerprint density at radius 1 is 1.18 bits per heavy atom. The van der Waals surface area contributed by atoms with E-state index in [9.17, 15) is 4.79 Å². The van der Waals surface area contributed by atoms with Gasteiger partial charge in [0, 0.05) is 36.9 Å². The van der Waals surface area contributed by atoms with Crippen molar-refractivity contribution in [2.75, 3.05) is 18.8 Å². The standard InChI is InChI=1S/C18H21N3O/c19-16-8-4-7-15(11-16)18(22)20-17-9-10-21(13-17)12-14-5-2-1-3-6-14/h1-8,11,17H,9-10,12-13,19H2,(H,20,22). The van der Waals surface area contributed by atoms with Gasteiger partial charge in [-0.1, -0.05) is 36.4 Å². The summed E-state index contributed by atoms with van der Waals surface area (Å²) in [6.07, 6.45) is 0.987. The van der Waals surface area contributed by atoms with Crippen LogP contribution in [0, 0.1) is 0 Å². The number of anilines is 1. The Kier molecular flexibility index (Phi) is 4.39. The number of nitrogens with one attached hydrogen (secondary N) is 1. The summed E-state index contributed by atoms with van der Waals surface area (Å²) in [5.41, 5.74) is 8.28. The van der Waals surface area contributed by atoms with Gasteiger partial charge in [0.05, 0.1) is 0 Å². The Labute approximate surface area is 130 Å². The summed E-state index contributed by atoms with van der Waals surface area (Å²) in [4.78, 5) is 14.6. The van der Waals surface area contributed by atoms with Crippen molar-refractivity contribution in [3.63, 3.8) is 0 Å². The number of carbonyl (C=O) groups is 1. The first-order valence-electron chi connectivity index (χ1n) is 7.63. The number of likely N-dealkylation sites (tertiary alicyclic amines) is 1. The molecule has 1 saturated heterocycles. The molecule has 114 valence electrons. The summed E-state index contributed by atoms with van der Waals surface area (Å²) >= 11 is 0. The Hall–Kier alpha value is -2.33. The maximum atomic E-state index is 12.2. The molecule has 3 N–H and O–H groups in total. The lowest BCUT2D eigenvalue weighted by molar-refractivity contribution is 0.0937. The molecular weight excluding hydrogens is 274 g/mol. The van der Waals surface area contributed by atoms with E-state index < -0.39 is 0 Å². The molecule has 0 aromatic heterocycles. The van der Waals surface area contributed by atoms with Crippen molar-refractivity contribution >= 4 is 11.6 Å². The number of carbonyl (C=O) groups excluding carboxylic acids is 1. The smallest absolute Gasteiger partial charge is 0.251 e. The van der Waals surface area contributed by atoms with Crippen molar-refractivity contribution in [1.82, 2.24) is 10.2 Å². The highest BCUT2D eigenvalue weighted by molar-refractivity contribution is 5.95. The number of benzene rings is 2. The van der Waals surface area contributed by atoms with Gasteiger partial charge in [-0.15, -0.1) is 0 Å². The zero-order chi connectivity index (χ0) is 15.4. The van der Waals surface area contributed by atoms with Crippen molar-refractivity contribution in [2.24, 2.45) is 0 Å². The number of nitrogens with two attached hydrogens (primary N) is 1. The van der Waals surface area contributed by atoms with Crippen LogP contribution >= 0.6 is 0 Å². The third-order valence-corrected chi connectivity index (χ3v) is 4.01. The first-order valence-corrected chi connectivity index (χ1v) is 7.63. The number of amides is 1. The zero-order valence-corrected chi connectivity index (χ0v) is 12.5. The molecule has 1 fully saturated rings. The van der Waals surface area contributed by atoms with Crippen molar-refractivity contribution in [3.05, 3.63) is 65.7 Å². The van der Waals surface area contributed by atoms with Gasteiger partial charge in [-0.2, -0.15) is 0 Å². The van der Waals surface area contributed by atoms with Gasteiger partial charge in [-0.3, -0.25) is 9.69 Å². The van der Waals surface area contributed by atoms with E-state index in [2.05, 4.69) is 34.5 Å². The van der Waals surface area contributed by atoms with Crippen LogP contribution in [0.4, 0.5) is 5.69 Å². The van der Waals surface area contributed by atoms with E-state index in [4.69, 9.17) is 5.73 Å². The number of rotatable bonds is 4. The predicted octanol–water partition coefficient (Wildman–Crippen LogP) is 2.27. The van der Waals surface area contributed by atoms with E-state index in [0.29, 0.717) is 11.3 Å². The summed E-state index contributed by atoms with van der Waals surface area (Å²) in [5.74, 6) is -0.0427. The molecule has 4 heteroatoms. The molecular formula is C18H21N3O. The van der Waals surface area contributed by atoms with Crippen LogP contribution in [0.2, 0.25) is 0 Å². The van der Waals surface area contributed by atoms with Gasteiger partial charge in [0.15, 0.2) is 0 Å². The topological polar surface area (TPSA) is 58.4 Å². The zero-order valence-electron chi connectivity index (χ0n) is 12.5. The molecule has 0 spiro atoms. The molecule has 22 heavy (non-hydrogen) atoms. The summed E-state index contributed by atoms with van der Waals surface area (Å²) in [6, 6.07) is 17.7. The molecule has 0 radical (unpaired) electrons. The van der Waals surface area contributed by atoms with E-state index >= 15 is 0 Å². The molecule has 1 amide bonds. The molecule has 1 aliphatic heterocycles. The van der Waals surface area contributed by atoms with Crippen LogP contribution in [0.3, 0.4) is 0 Å². The van der Waals surface area contributed by atoms with Crippen molar-refractivity contribution in [2.45, 2.75) is 19.0 Å². The van der Waals surface area contributed by atoms with Gasteiger partial charge < -0.3 is 11.1 Å². The Morgan fingerprint density at radius 2 is 2.00 bits per heavy atom. The average Bonchev–Trinajstić information content (AvgIpc) is 2.95. The normalized spacial score (nSPS) is 18.3. The minimum Gasteiger partial charge on any atom is -0.399 e. The molecule has 4 nitrogen and oxygen atoms in total. The molecule has 1 aliphatic rings. The Bertz CT molecular complexity index is 642. The highest BCUT2D eigenvalue weighted by Crippen LogP contribution is 2.14. The third kappa shape index (κ3) is 3.65. The minimum atomic E-state index is -0.0427. The second kappa shape index (κ2) is 6.62. The number of hydrogen-bond donors (Lipinski definition) is 2. The fraction of sp³-hybridized carbons (Fsp3) is 0.278. The lowest BCUT2D eigenvalue weighted by Crippen LogP contribution is -2.37. The maximum absolute atomic E-state index is 12.2. The third-order valence-electron chi connectivity index (χ3n) is 4.01. The lowest BCUT2D eigenvalue weighted by Gasteiger charge is -2.17. The first-order chi connectivity index (χ1) is 10.7. The molecule has 2 aromatic rings. The molecule has 0 bridgehead atoms. The molecule has 1 atom stereocenters. The van der Waals surface area contributed by atoms with Gasteiger partial charge >= 0.3 is 0 Å². The minimum absolute atomic E-state index is 0.0427. The molecule has 3 rings (SSSR count). The molecule has 0 saturated carbocycles. The summed E-state index contributed by atoms with van der Waals surface area (Å²) in [5, 5.41) is 3.10. The first kappa shape index (κ1) is 14.6. The monoisotopic (exact) mass is 295 g/mol. The second-order valence-corrected chi connectivity index (χ2v) is 5.81. The van der Waals surface area contributed by atoms with Crippen molar-refractivity contribution < 1.29 is 4.79 Å². The van der Waals surface area contributed by atoms with Gasteiger partial charge in [0.2, 0.25) is 0 Å². The van der Waals surface area contributed by atoms with Crippen LogP contribution in [0.15, 0.2) is 54.6 Å². The van der Waals surface area contributed by atoms with Gasteiger partial charge in [0.25, 0.3) is 5.91 Å². The van der Waals surface area contributed by atoms with Gasteiger partial charge in [-0.05, 0) is 30.2 Å². The number of nitrogens with zero attached hydrogens (tertiary/aromatic N) is 1.